The van der Waals surface area contributed by atoms with Gasteiger partial charge in [-0.3, -0.25) is 4.90 Å². The quantitative estimate of drug-likeness (QED) is 0.696. The molecule has 1 aliphatic rings. The second-order valence-electron chi connectivity index (χ2n) is 2.96. The number of halogens is 3. The van der Waals surface area contributed by atoms with Crippen molar-refractivity contribution in [2.75, 3.05) is 33.5 Å². The fraction of sp³-hybridized carbons (Fsp3) is 1.00. The molecule has 0 radical (unpaired) electrons. The van der Waals surface area contributed by atoms with Crippen LogP contribution in [0.4, 0.5) is 13.2 Å². The van der Waals surface area contributed by atoms with Gasteiger partial charge < -0.3 is 10.1 Å². The van der Waals surface area contributed by atoms with Crippen molar-refractivity contribution in [2.24, 2.45) is 0 Å². The number of hydrogen-bond donors (Lipinski definition) is 1. The molecular weight excluding hydrogens is 185 g/mol. The van der Waals surface area contributed by atoms with Crippen molar-refractivity contribution in [3.8, 4) is 0 Å². The van der Waals surface area contributed by atoms with E-state index in [1.165, 1.54) is 4.90 Å². The number of morpholine rings is 1. The van der Waals surface area contributed by atoms with Crippen molar-refractivity contribution in [1.29, 1.82) is 0 Å². The van der Waals surface area contributed by atoms with Gasteiger partial charge in [-0.25, -0.2) is 0 Å². The summed E-state index contributed by atoms with van der Waals surface area (Å²) in [5, 5.41) is 2.71. The van der Waals surface area contributed by atoms with Crippen LogP contribution in [0.2, 0.25) is 0 Å². The summed E-state index contributed by atoms with van der Waals surface area (Å²) in [5.41, 5.74) is 0. The van der Waals surface area contributed by atoms with E-state index < -0.39 is 12.2 Å². The number of nitrogens with zero attached hydrogens (tertiary/aromatic N) is 1. The summed E-state index contributed by atoms with van der Waals surface area (Å²) in [6.07, 6.45) is -4.20. The second kappa shape index (κ2) is 4.26. The molecule has 1 fully saturated rings. The molecule has 0 aliphatic carbocycles. The summed E-state index contributed by atoms with van der Waals surface area (Å²) in [4.78, 5) is 1.34. The molecule has 0 spiro atoms. The SMILES string of the molecule is CNCN1CCOCC1C(F)(F)F. The zero-order valence-corrected chi connectivity index (χ0v) is 7.40. The average Bonchev–Trinajstić information content (AvgIpc) is 2.04. The van der Waals surface area contributed by atoms with Crippen LogP contribution in [0.25, 0.3) is 0 Å². The predicted octanol–water partition coefficient (Wildman–Crippen LogP) is 0.426. The zero-order chi connectivity index (χ0) is 9.90. The first kappa shape index (κ1) is 10.7. The highest BCUT2D eigenvalue weighted by molar-refractivity contribution is 4.80. The predicted molar refractivity (Wildman–Crippen MR) is 41.3 cm³/mol. The van der Waals surface area contributed by atoms with Crippen LogP contribution in [0.5, 0.6) is 0 Å². The van der Waals surface area contributed by atoms with E-state index >= 15 is 0 Å². The van der Waals surface area contributed by atoms with Gasteiger partial charge in [-0.1, -0.05) is 0 Å². The van der Waals surface area contributed by atoms with Crippen LogP contribution >= 0.6 is 0 Å². The van der Waals surface area contributed by atoms with Gasteiger partial charge in [-0.05, 0) is 7.05 Å². The molecule has 0 saturated carbocycles. The van der Waals surface area contributed by atoms with Gasteiger partial charge >= 0.3 is 6.18 Å². The van der Waals surface area contributed by atoms with Crippen LogP contribution in [0.15, 0.2) is 0 Å². The van der Waals surface area contributed by atoms with Crippen LogP contribution in [0, 0.1) is 0 Å². The fourth-order valence-electron chi connectivity index (χ4n) is 1.33. The lowest BCUT2D eigenvalue weighted by Gasteiger charge is -2.36. The molecule has 1 rings (SSSR count). The van der Waals surface area contributed by atoms with E-state index in [0.717, 1.165) is 0 Å². The van der Waals surface area contributed by atoms with Gasteiger partial charge in [-0.2, -0.15) is 13.2 Å². The van der Waals surface area contributed by atoms with Gasteiger partial charge in [0.05, 0.1) is 13.2 Å². The Bertz CT molecular complexity index is 160. The highest BCUT2D eigenvalue weighted by Gasteiger charge is 2.44. The average molecular weight is 198 g/mol. The Morgan fingerprint density at radius 2 is 2.23 bits per heavy atom. The van der Waals surface area contributed by atoms with E-state index in [9.17, 15) is 13.2 Å². The van der Waals surface area contributed by atoms with Gasteiger partial charge in [0.25, 0.3) is 0 Å². The van der Waals surface area contributed by atoms with Gasteiger partial charge in [0.15, 0.2) is 0 Å². The van der Waals surface area contributed by atoms with Gasteiger partial charge in [0.1, 0.15) is 6.04 Å². The van der Waals surface area contributed by atoms with E-state index in [-0.39, 0.29) is 13.3 Å². The smallest absolute Gasteiger partial charge is 0.378 e. The topological polar surface area (TPSA) is 24.5 Å². The van der Waals surface area contributed by atoms with Gasteiger partial charge in [-0.15, -0.1) is 0 Å². The lowest BCUT2D eigenvalue weighted by molar-refractivity contribution is -0.212. The van der Waals surface area contributed by atoms with Crippen molar-refractivity contribution in [1.82, 2.24) is 10.2 Å². The monoisotopic (exact) mass is 198 g/mol. The first-order valence-electron chi connectivity index (χ1n) is 4.09. The summed E-state index contributed by atoms with van der Waals surface area (Å²) >= 11 is 0. The summed E-state index contributed by atoms with van der Waals surface area (Å²) in [5.74, 6) is 0. The van der Waals surface area contributed by atoms with E-state index in [2.05, 4.69) is 5.32 Å². The molecule has 13 heavy (non-hydrogen) atoms. The first-order valence-corrected chi connectivity index (χ1v) is 4.09. The third-order valence-electron chi connectivity index (χ3n) is 1.98. The minimum atomic E-state index is -4.20. The number of nitrogens with one attached hydrogen (secondary N) is 1. The molecule has 0 aromatic heterocycles. The Labute approximate surface area is 74.8 Å². The summed E-state index contributed by atoms with van der Waals surface area (Å²) in [6.45, 7) is 0.679. The largest absolute Gasteiger partial charge is 0.406 e. The number of ether oxygens (including phenoxy) is 1. The molecule has 1 aliphatic heterocycles. The normalized spacial score (nSPS) is 26.3. The van der Waals surface area contributed by atoms with E-state index in [0.29, 0.717) is 13.2 Å². The lowest BCUT2D eigenvalue weighted by Crippen LogP contribution is -2.55. The zero-order valence-electron chi connectivity index (χ0n) is 7.40. The summed E-state index contributed by atoms with van der Waals surface area (Å²) < 4.78 is 41.9. The highest BCUT2D eigenvalue weighted by Crippen LogP contribution is 2.26. The highest BCUT2D eigenvalue weighted by atomic mass is 19.4. The third kappa shape index (κ3) is 2.82. The molecule has 0 aromatic rings. The maximum Gasteiger partial charge on any atom is 0.406 e. The molecule has 0 aromatic carbocycles. The Kier molecular flexibility index (Phi) is 3.52. The molecule has 1 atom stereocenters. The Hall–Kier alpha value is -0.330. The Morgan fingerprint density at radius 1 is 1.54 bits per heavy atom. The molecule has 1 N–H and O–H groups in total. The number of rotatable bonds is 2. The van der Waals surface area contributed by atoms with Crippen molar-refractivity contribution >= 4 is 0 Å². The molecule has 6 heteroatoms. The van der Waals surface area contributed by atoms with E-state index in [4.69, 9.17) is 4.74 Å². The number of hydrogen-bond acceptors (Lipinski definition) is 3. The van der Waals surface area contributed by atoms with Crippen molar-refractivity contribution < 1.29 is 17.9 Å². The van der Waals surface area contributed by atoms with Crippen LogP contribution < -0.4 is 5.32 Å². The fourth-order valence-corrected chi connectivity index (χ4v) is 1.33. The summed E-state index contributed by atoms with van der Waals surface area (Å²) in [6, 6.07) is -1.46. The molecule has 0 bridgehead atoms. The lowest BCUT2D eigenvalue weighted by atomic mass is 10.2. The maximum atomic E-state index is 12.4. The van der Waals surface area contributed by atoms with E-state index in [1.54, 1.807) is 7.05 Å². The minimum Gasteiger partial charge on any atom is -0.378 e. The molecule has 1 saturated heterocycles. The maximum absolute atomic E-state index is 12.4. The van der Waals surface area contributed by atoms with Crippen molar-refractivity contribution in [2.45, 2.75) is 12.2 Å². The van der Waals surface area contributed by atoms with Crippen LogP contribution in [0.1, 0.15) is 0 Å². The molecule has 78 valence electrons. The molecule has 1 heterocycles. The summed E-state index contributed by atoms with van der Waals surface area (Å²) in [7, 11) is 1.63. The Morgan fingerprint density at radius 3 is 2.77 bits per heavy atom. The van der Waals surface area contributed by atoms with E-state index in [1.807, 2.05) is 0 Å². The second-order valence-corrected chi connectivity index (χ2v) is 2.96. The van der Waals surface area contributed by atoms with Gasteiger partial charge in [0, 0.05) is 13.2 Å². The molecule has 3 nitrogen and oxygen atoms in total. The first-order chi connectivity index (χ1) is 6.05. The third-order valence-corrected chi connectivity index (χ3v) is 1.98. The molecular formula is C7H13F3N2O. The van der Waals surface area contributed by atoms with Crippen molar-refractivity contribution in [3.05, 3.63) is 0 Å². The van der Waals surface area contributed by atoms with Gasteiger partial charge in [0.2, 0.25) is 0 Å². The number of alkyl halides is 3. The Balaban J connectivity index is 2.56. The molecule has 0 amide bonds. The minimum absolute atomic E-state index is 0.244. The van der Waals surface area contributed by atoms with Crippen LogP contribution in [-0.2, 0) is 4.74 Å². The molecule has 1 unspecified atom stereocenters. The van der Waals surface area contributed by atoms with Crippen molar-refractivity contribution in [3.63, 3.8) is 0 Å². The van der Waals surface area contributed by atoms with Crippen LogP contribution in [0.3, 0.4) is 0 Å². The standard InChI is InChI=1S/C7H13F3N2O/c1-11-5-12-2-3-13-4-6(12)7(8,9)10/h6,11H,2-5H2,1H3. The van der Waals surface area contributed by atoms with Crippen LogP contribution in [-0.4, -0.2) is 50.6 Å².